The third-order valence-electron chi connectivity index (χ3n) is 4.63. The van der Waals surface area contributed by atoms with Crippen molar-refractivity contribution in [1.29, 1.82) is 0 Å². The highest BCUT2D eigenvalue weighted by Gasteiger charge is 2.22. The summed E-state index contributed by atoms with van der Waals surface area (Å²) in [6, 6.07) is 17.0. The van der Waals surface area contributed by atoms with E-state index < -0.39 is 22.5 Å². The van der Waals surface area contributed by atoms with Crippen molar-refractivity contribution in [2.24, 2.45) is 0 Å². The zero-order valence-corrected chi connectivity index (χ0v) is 18.6. The van der Waals surface area contributed by atoms with E-state index in [1.54, 1.807) is 67.0 Å². The Labute approximate surface area is 187 Å². The van der Waals surface area contributed by atoms with Crippen LogP contribution < -0.4 is 14.9 Å². The molecule has 166 valence electrons. The molecule has 0 bridgehead atoms. The number of hydrogen-bond acceptors (Lipinski definition) is 5. The van der Waals surface area contributed by atoms with E-state index in [9.17, 15) is 18.0 Å². The van der Waals surface area contributed by atoms with Crippen LogP contribution in [0.2, 0.25) is 0 Å². The highest BCUT2D eigenvalue weighted by Crippen LogP contribution is 2.19. The number of benzene rings is 2. The standard InChI is InChI=1S/C23H24N4O4S/c1-17-9-11-19(12-10-17)27(32(2,30)31)16-22(28)26-21-8-4-3-7-20(21)23(29)25-15-18-6-5-13-24-14-18/h3-14H,15-16H2,1-2H3,(H,25,29)(H,26,28). The molecule has 0 atom stereocenters. The number of anilines is 2. The number of nitrogens with zero attached hydrogens (tertiary/aromatic N) is 2. The lowest BCUT2D eigenvalue weighted by molar-refractivity contribution is -0.114. The second-order valence-corrected chi connectivity index (χ2v) is 9.15. The molecule has 0 saturated carbocycles. The number of rotatable bonds is 8. The van der Waals surface area contributed by atoms with Crippen molar-refractivity contribution in [3.05, 3.63) is 89.7 Å². The number of hydrogen-bond donors (Lipinski definition) is 2. The van der Waals surface area contributed by atoms with Gasteiger partial charge in [0.05, 0.1) is 23.2 Å². The van der Waals surface area contributed by atoms with Gasteiger partial charge in [-0.15, -0.1) is 0 Å². The smallest absolute Gasteiger partial charge is 0.253 e. The zero-order valence-electron chi connectivity index (χ0n) is 17.8. The molecule has 2 aromatic carbocycles. The fourth-order valence-electron chi connectivity index (χ4n) is 3.00. The van der Waals surface area contributed by atoms with Gasteiger partial charge in [0.25, 0.3) is 5.91 Å². The van der Waals surface area contributed by atoms with E-state index in [2.05, 4.69) is 15.6 Å². The molecule has 0 aliphatic heterocycles. The van der Waals surface area contributed by atoms with Crippen LogP contribution in [-0.2, 0) is 21.4 Å². The normalized spacial score (nSPS) is 10.9. The van der Waals surface area contributed by atoms with Crippen molar-refractivity contribution < 1.29 is 18.0 Å². The van der Waals surface area contributed by atoms with E-state index >= 15 is 0 Å². The Morgan fingerprint density at radius 1 is 1.00 bits per heavy atom. The number of sulfonamides is 1. The molecular formula is C23H24N4O4S. The number of para-hydroxylation sites is 1. The van der Waals surface area contributed by atoms with Crippen molar-refractivity contribution >= 4 is 33.2 Å². The Bertz CT molecular complexity index is 1200. The fourth-order valence-corrected chi connectivity index (χ4v) is 3.86. The van der Waals surface area contributed by atoms with Crippen LogP contribution in [-0.4, -0.2) is 38.0 Å². The largest absolute Gasteiger partial charge is 0.348 e. The number of carbonyl (C=O) groups is 2. The molecule has 8 nitrogen and oxygen atoms in total. The number of amides is 2. The van der Waals surface area contributed by atoms with Crippen molar-refractivity contribution in [2.75, 3.05) is 22.4 Å². The molecule has 2 N–H and O–H groups in total. The lowest BCUT2D eigenvalue weighted by Gasteiger charge is -2.22. The highest BCUT2D eigenvalue weighted by atomic mass is 32.2. The van der Waals surface area contributed by atoms with Gasteiger partial charge in [0.2, 0.25) is 15.9 Å². The SMILES string of the molecule is Cc1ccc(N(CC(=O)Nc2ccccc2C(=O)NCc2cccnc2)S(C)(=O)=O)cc1. The lowest BCUT2D eigenvalue weighted by Crippen LogP contribution is -2.37. The Balaban J connectivity index is 1.73. The Kier molecular flexibility index (Phi) is 7.21. The van der Waals surface area contributed by atoms with Crippen LogP contribution in [0, 0.1) is 6.92 Å². The van der Waals surface area contributed by atoms with Crippen molar-refractivity contribution in [3.63, 3.8) is 0 Å². The summed E-state index contributed by atoms with van der Waals surface area (Å²) in [5.41, 5.74) is 2.75. The summed E-state index contributed by atoms with van der Waals surface area (Å²) in [6.07, 6.45) is 4.34. The zero-order chi connectivity index (χ0) is 23.1. The molecule has 1 heterocycles. The molecular weight excluding hydrogens is 428 g/mol. The third kappa shape index (κ3) is 6.14. The Morgan fingerprint density at radius 3 is 2.38 bits per heavy atom. The minimum atomic E-state index is -3.70. The van der Waals surface area contributed by atoms with Crippen LogP contribution in [0.5, 0.6) is 0 Å². The molecule has 0 unspecified atom stereocenters. The molecule has 32 heavy (non-hydrogen) atoms. The summed E-state index contributed by atoms with van der Waals surface area (Å²) >= 11 is 0. The number of nitrogens with one attached hydrogen (secondary N) is 2. The van der Waals surface area contributed by atoms with Gasteiger partial charge in [0, 0.05) is 18.9 Å². The molecule has 0 saturated heterocycles. The number of aromatic nitrogens is 1. The monoisotopic (exact) mass is 452 g/mol. The summed E-state index contributed by atoms with van der Waals surface area (Å²) in [4.78, 5) is 29.4. The maximum atomic E-state index is 12.7. The summed E-state index contributed by atoms with van der Waals surface area (Å²) in [5.74, 6) is -0.938. The molecule has 3 aromatic rings. The average Bonchev–Trinajstić information content (AvgIpc) is 2.77. The van der Waals surface area contributed by atoms with E-state index in [1.807, 2.05) is 13.0 Å². The van der Waals surface area contributed by atoms with Crippen LogP contribution >= 0.6 is 0 Å². The molecule has 0 radical (unpaired) electrons. The Morgan fingerprint density at radius 2 is 1.72 bits per heavy atom. The molecule has 0 aliphatic rings. The summed E-state index contributed by atoms with van der Waals surface area (Å²) in [6.45, 7) is 1.75. The molecule has 2 amide bonds. The second kappa shape index (κ2) is 10.1. The van der Waals surface area contributed by atoms with Gasteiger partial charge in [0.15, 0.2) is 0 Å². The van der Waals surface area contributed by atoms with Crippen LogP contribution in [0.4, 0.5) is 11.4 Å². The maximum Gasteiger partial charge on any atom is 0.253 e. The van der Waals surface area contributed by atoms with Gasteiger partial charge in [-0.25, -0.2) is 8.42 Å². The number of carbonyl (C=O) groups excluding carboxylic acids is 2. The van der Waals surface area contributed by atoms with Gasteiger partial charge in [-0.05, 0) is 42.8 Å². The first-order valence-corrected chi connectivity index (χ1v) is 11.7. The van der Waals surface area contributed by atoms with Gasteiger partial charge in [-0.3, -0.25) is 18.9 Å². The van der Waals surface area contributed by atoms with Gasteiger partial charge in [0.1, 0.15) is 6.54 Å². The molecule has 0 spiro atoms. The number of aryl methyl sites for hydroxylation is 1. The fraction of sp³-hybridized carbons (Fsp3) is 0.174. The first-order chi connectivity index (χ1) is 15.2. The topological polar surface area (TPSA) is 108 Å². The molecule has 3 rings (SSSR count). The van der Waals surface area contributed by atoms with Crippen molar-refractivity contribution in [1.82, 2.24) is 10.3 Å². The van der Waals surface area contributed by atoms with Crippen LogP contribution in [0.25, 0.3) is 0 Å². The first-order valence-electron chi connectivity index (χ1n) is 9.84. The van der Waals surface area contributed by atoms with E-state index in [1.165, 1.54) is 0 Å². The van der Waals surface area contributed by atoms with Gasteiger partial charge >= 0.3 is 0 Å². The molecule has 9 heteroatoms. The van der Waals surface area contributed by atoms with Gasteiger partial charge in [-0.1, -0.05) is 35.9 Å². The second-order valence-electron chi connectivity index (χ2n) is 7.24. The van der Waals surface area contributed by atoms with E-state index in [0.717, 1.165) is 21.7 Å². The minimum absolute atomic E-state index is 0.269. The van der Waals surface area contributed by atoms with Crippen LogP contribution in [0.1, 0.15) is 21.5 Å². The minimum Gasteiger partial charge on any atom is -0.348 e. The van der Waals surface area contributed by atoms with E-state index in [4.69, 9.17) is 0 Å². The molecule has 1 aromatic heterocycles. The van der Waals surface area contributed by atoms with Crippen molar-refractivity contribution in [3.8, 4) is 0 Å². The quantitative estimate of drug-likeness (QED) is 0.546. The first kappa shape index (κ1) is 23.0. The maximum absolute atomic E-state index is 12.7. The van der Waals surface area contributed by atoms with Crippen LogP contribution in [0.3, 0.4) is 0 Å². The third-order valence-corrected chi connectivity index (χ3v) is 5.77. The summed E-state index contributed by atoms with van der Waals surface area (Å²) < 4.78 is 25.6. The molecule has 0 aliphatic carbocycles. The Hall–Kier alpha value is -3.72. The summed E-state index contributed by atoms with van der Waals surface area (Å²) in [7, 11) is -3.70. The lowest BCUT2D eigenvalue weighted by atomic mass is 10.1. The van der Waals surface area contributed by atoms with Gasteiger partial charge < -0.3 is 10.6 Å². The number of pyridine rings is 1. The highest BCUT2D eigenvalue weighted by molar-refractivity contribution is 7.92. The predicted octanol–water partition coefficient (Wildman–Crippen LogP) is 2.72. The molecule has 0 fully saturated rings. The summed E-state index contributed by atoms with van der Waals surface area (Å²) in [5, 5.41) is 5.44. The van der Waals surface area contributed by atoms with Crippen molar-refractivity contribution in [2.45, 2.75) is 13.5 Å². The average molecular weight is 453 g/mol. The van der Waals surface area contributed by atoms with Gasteiger partial charge in [-0.2, -0.15) is 0 Å². The van der Waals surface area contributed by atoms with Crippen LogP contribution in [0.15, 0.2) is 73.1 Å². The van der Waals surface area contributed by atoms with E-state index in [0.29, 0.717) is 11.4 Å². The van der Waals surface area contributed by atoms with E-state index in [-0.39, 0.29) is 18.0 Å². The predicted molar refractivity (Wildman–Crippen MR) is 124 cm³/mol.